The molecule has 2 atom stereocenters. The number of primary amides is 1. The third-order valence-corrected chi connectivity index (χ3v) is 5.84. The number of benzene rings is 1. The van der Waals surface area contributed by atoms with Gasteiger partial charge in [0.1, 0.15) is 0 Å². The van der Waals surface area contributed by atoms with Gasteiger partial charge in [-0.2, -0.15) is 0 Å². The Bertz CT molecular complexity index is 958. The molecule has 2 heterocycles. The van der Waals surface area contributed by atoms with Gasteiger partial charge >= 0.3 is 0 Å². The molecule has 2 unspecified atom stereocenters. The number of fused-ring (bicyclic) bond motifs is 1. The van der Waals surface area contributed by atoms with Crippen molar-refractivity contribution >= 4 is 17.4 Å². The topological polar surface area (TPSA) is 118 Å². The molecule has 158 valence electrons. The number of anilines is 1. The van der Waals surface area contributed by atoms with Gasteiger partial charge in [0.05, 0.1) is 24.8 Å². The molecule has 1 aliphatic heterocycles. The zero-order valence-corrected chi connectivity index (χ0v) is 16.7. The minimum atomic E-state index is -1.09. The average molecular weight is 410 g/mol. The second-order valence-electron chi connectivity index (χ2n) is 7.74. The fourth-order valence-electron chi connectivity index (χ4n) is 4.36. The molecular formula is C22H24N3O5-. The molecule has 8 nitrogen and oxygen atoms in total. The summed E-state index contributed by atoms with van der Waals surface area (Å²) >= 11 is 0. The SMILES string of the molecule is COc1ccc(C(CC(N)=O)C2C(=O)c3cnccc3N2[O-])cc1OC1CCCC1. The standard InChI is InChI=1S/C22H24N3O5/c1-29-18-7-6-13(10-19(18)30-14-4-2-3-5-14)15(11-20(23)26)21-22(27)16-12-24-9-8-17(16)25(21)28/h6-10,12,14-15,21H,2-5,11H2,1H3,(H2,23,26)/q-1. The van der Waals surface area contributed by atoms with Crippen LogP contribution in [0.3, 0.4) is 0 Å². The molecule has 8 heteroatoms. The number of hydrogen-bond donors (Lipinski definition) is 1. The summed E-state index contributed by atoms with van der Waals surface area (Å²) in [5, 5.41) is 13.6. The molecular weight excluding hydrogens is 386 g/mol. The lowest BCUT2D eigenvalue weighted by Gasteiger charge is -2.37. The van der Waals surface area contributed by atoms with Gasteiger partial charge in [-0.3, -0.25) is 14.6 Å². The minimum absolute atomic E-state index is 0.100. The monoisotopic (exact) mass is 410 g/mol. The van der Waals surface area contributed by atoms with Crippen molar-refractivity contribution < 1.29 is 19.1 Å². The average Bonchev–Trinajstić information content (AvgIpc) is 3.33. The predicted octanol–water partition coefficient (Wildman–Crippen LogP) is 2.94. The van der Waals surface area contributed by atoms with Crippen molar-refractivity contribution in [3.8, 4) is 11.5 Å². The Morgan fingerprint density at radius 3 is 2.73 bits per heavy atom. The normalized spacial score (nSPS) is 19.6. The summed E-state index contributed by atoms with van der Waals surface area (Å²) in [6, 6.07) is 5.65. The van der Waals surface area contributed by atoms with Crippen LogP contribution in [0.1, 0.15) is 53.9 Å². The number of nitrogens with zero attached hydrogens (tertiary/aromatic N) is 2. The van der Waals surface area contributed by atoms with Crippen molar-refractivity contribution in [2.24, 2.45) is 5.73 Å². The second kappa shape index (κ2) is 8.31. The first kappa shape index (κ1) is 20.2. The van der Waals surface area contributed by atoms with Gasteiger partial charge in [0.15, 0.2) is 17.3 Å². The first-order valence-corrected chi connectivity index (χ1v) is 10.1. The number of hydrogen-bond acceptors (Lipinski definition) is 7. The number of Topliss-reactive ketones (excluding diaryl/α,β-unsaturated/α-hetero) is 1. The van der Waals surface area contributed by atoms with E-state index < -0.39 is 17.9 Å². The molecule has 1 aromatic carbocycles. The largest absolute Gasteiger partial charge is 0.758 e. The highest BCUT2D eigenvalue weighted by molar-refractivity contribution is 6.11. The number of pyridine rings is 1. The Morgan fingerprint density at radius 2 is 2.07 bits per heavy atom. The van der Waals surface area contributed by atoms with Crippen LogP contribution in [0.4, 0.5) is 5.69 Å². The number of rotatable bonds is 7. The maximum Gasteiger partial charge on any atom is 0.218 e. The first-order valence-electron chi connectivity index (χ1n) is 10.1. The number of methoxy groups -OCH3 is 1. The molecule has 1 aromatic heterocycles. The molecule has 30 heavy (non-hydrogen) atoms. The molecule has 0 spiro atoms. The number of carbonyl (C=O) groups is 2. The summed E-state index contributed by atoms with van der Waals surface area (Å²) < 4.78 is 11.6. The molecule has 2 aliphatic rings. The van der Waals surface area contributed by atoms with Crippen LogP contribution in [0.2, 0.25) is 0 Å². The zero-order valence-electron chi connectivity index (χ0n) is 16.7. The van der Waals surface area contributed by atoms with Crippen LogP contribution in [0.25, 0.3) is 0 Å². The number of aromatic nitrogens is 1. The fourth-order valence-corrected chi connectivity index (χ4v) is 4.36. The predicted molar refractivity (Wildman–Crippen MR) is 111 cm³/mol. The molecule has 2 aromatic rings. The van der Waals surface area contributed by atoms with Gasteiger partial charge in [-0.15, -0.1) is 0 Å². The van der Waals surface area contributed by atoms with Gasteiger partial charge in [0.25, 0.3) is 0 Å². The van der Waals surface area contributed by atoms with E-state index in [1.165, 1.54) is 18.5 Å². The summed E-state index contributed by atoms with van der Waals surface area (Å²) in [4.78, 5) is 28.8. The summed E-state index contributed by atoms with van der Waals surface area (Å²) in [5.74, 6) is -0.583. The van der Waals surface area contributed by atoms with Gasteiger partial charge in [-0.05, 0) is 49.4 Å². The van der Waals surface area contributed by atoms with E-state index >= 15 is 0 Å². The van der Waals surface area contributed by atoms with E-state index in [-0.39, 0.29) is 29.6 Å². The van der Waals surface area contributed by atoms with E-state index in [4.69, 9.17) is 15.2 Å². The molecule has 0 radical (unpaired) electrons. The number of nitrogens with two attached hydrogens (primary N) is 1. The van der Waals surface area contributed by atoms with Gasteiger partial charge < -0.3 is 25.5 Å². The van der Waals surface area contributed by atoms with Crippen molar-refractivity contribution in [2.75, 3.05) is 12.2 Å². The highest BCUT2D eigenvalue weighted by Gasteiger charge is 2.39. The van der Waals surface area contributed by atoms with Crippen molar-refractivity contribution in [1.82, 2.24) is 4.98 Å². The van der Waals surface area contributed by atoms with Gasteiger partial charge in [0.2, 0.25) is 5.91 Å². The maximum absolute atomic E-state index is 13.0. The van der Waals surface area contributed by atoms with Crippen molar-refractivity contribution in [1.29, 1.82) is 0 Å². The van der Waals surface area contributed by atoms with Crippen LogP contribution in [0.15, 0.2) is 36.7 Å². The third kappa shape index (κ3) is 3.70. The quantitative estimate of drug-likeness (QED) is 0.745. The number of carbonyl (C=O) groups excluding carboxylic acids is 2. The Balaban J connectivity index is 1.71. The van der Waals surface area contributed by atoms with Gasteiger partial charge in [-0.25, -0.2) is 0 Å². The summed E-state index contributed by atoms with van der Waals surface area (Å²) in [7, 11) is 1.56. The molecule has 0 bridgehead atoms. The Hall–Kier alpha value is -3.13. The molecule has 2 N–H and O–H groups in total. The van der Waals surface area contributed by atoms with E-state index in [1.54, 1.807) is 25.3 Å². The Kier molecular flexibility index (Phi) is 5.59. The minimum Gasteiger partial charge on any atom is -0.758 e. The van der Waals surface area contributed by atoms with E-state index in [0.29, 0.717) is 22.1 Å². The van der Waals surface area contributed by atoms with Crippen LogP contribution in [0.5, 0.6) is 11.5 Å². The third-order valence-electron chi connectivity index (χ3n) is 5.84. The second-order valence-corrected chi connectivity index (χ2v) is 7.74. The maximum atomic E-state index is 13.0. The van der Waals surface area contributed by atoms with E-state index in [2.05, 4.69) is 4.98 Å². The van der Waals surface area contributed by atoms with Crippen molar-refractivity contribution in [3.63, 3.8) is 0 Å². The number of ketones is 1. The number of hydroxylamine groups is 1. The summed E-state index contributed by atoms with van der Waals surface area (Å²) in [6.45, 7) is 0. The van der Waals surface area contributed by atoms with Gasteiger partial charge in [0, 0.05) is 30.4 Å². The molecule has 4 rings (SSSR count). The van der Waals surface area contributed by atoms with Crippen molar-refractivity contribution in [3.05, 3.63) is 53.0 Å². The van der Waals surface area contributed by atoms with E-state index in [1.807, 2.05) is 0 Å². The van der Waals surface area contributed by atoms with Crippen LogP contribution in [-0.2, 0) is 4.79 Å². The van der Waals surface area contributed by atoms with Crippen LogP contribution in [-0.4, -0.2) is 35.9 Å². The van der Waals surface area contributed by atoms with Crippen LogP contribution < -0.4 is 20.3 Å². The molecule has 1 aliphatic carbocycles. The molecule has 1 fully saturated rings. The highest BCUT2D eigenvalue weighted by atomic mass is 16.5. The van der Waals surface area contributed by atoms with E-state index in [9.17, 15) is 14.8 Å². The van der Waals surface area contributed by atoms with Gasteiger partial charge in [-0.1, -0.05) is 6.07 Å². The lowest BCUT2D eigenvalue weighted by molar-refractivity contribution is -0.118. The lowest BCUT2D eigenvalue weighted by Crippen LogP contribution is -2.38. The fraction of sp³-hybridized carbons (Fsp3) is 0.409. The zero-order chi connectivity index (χ0) is 21.3. The Labute approximate surface area is 174 Å². The van der Waals surface area contributed by atoms with E-state index in [0.717, 1.165) is 25.7 Å². The number of ether oxygens (including phenoxy) is 2. The molecule has 1 amide bonds. The Morgan fingerprint density at radius 1 is 1.30 bits per heavy atom. The molecule has 1 saturated carbocycles. The number of amides is 1. The van der Waals surface area contributed by atoms with Crippen molar-refractivity contribution in [2.45, 2.75) is 50.2 Å². The van der Waals surface area contributed by atoms with Crippen LogP contribution >= 0.6 is 0 Å². The lowest BCUT2D eigenvalue weighted by atomic mass is 9.86. The molecule has 0 saturated heterocycles. The smallest absolute Gasteiger partial charge is 0.218 e. The first-order chi connectivity index (χ1) is 14.5. The van der Waals surface area contributed by atoms with Crippen LogP contribution in [0, 0.1) is 5.21 Å². The highest BCUT2D eigenvalue weighted by Crippen LogP contribution is 2.41. The summed E-state index contributed by atoms with van der Waals surface area (Å²) in [5.41, 5.74) is 6.62. The summed E-state index contributed by atoms with van der Waals surface area (Å²) in [6.07, 6.45) is 6.96.